The summed E-state index contributed by atoms with van der Waals surface area (Å²) in [6.45, 7) is 5.99. The number of anilines is 1. The van der Waals surface area contributed by atoms with Gasteiger partial charge in [0, 0.05) is 12.2 Å². The van der Waals surface area contributed by atoms with Crippen LogP contribution in [0.15, 0.2) is 60.7 Å². The molecule has 0 fully saturated rings. The number of rotatable bonds is 6. The standard InChI is InChI=1S/C22H26N2O4/c1-22(2,3)28-21(26)24-19-13-7-11-17(15-19)12-8-14-23-20(25)27-16-18-9-5-4-6-10-18/h4-13,15H,14,16H2,1-3H3,(H,23,25)(H,24,26). The van der Waals surface area contributed by atoms with Gasteiger partial charge in [-0.05, 0) is 44.0 Å². The van der Waals surface area contributed by atoms with Gasteiger partial charge in [-0.1, -0.05) is 54.6 Å². The molecule has 0 spiro atoms. The van der Waals surface area contributed by atoms with Gasteiger partial charge in [-0.25, -0.2) is 9.59 Å². The first kappa shape index (κ1) is 21.0. The van der Waals surface area contributed by atoms with Crippen LogP contribution in [0.4, 0.5) is 15.3 Å². The van der Waals surface area contributed by atoms with Crippen LogP contribution in [0.1, 0.15) is 31.9 Å². The molecule has 0 saturated heterocycles. The Balaban J connectivity index is 1.76. The monoisotopic (exact) mass is 382 g/mol. The zero-order valence-electron chi connectivity index (χ0n) is 16.4. The molecule has 0 aliphatic carbocycles. The van der Waals surface area contributed by atoms with Crippen LogP contribution in [0, 0.1) is 0 Å². The lowest BCUT2D eigenvalue weighted by atomic mass is 10.2. The van der Waals surface area contributed by atoms with Gasteiger partial charge in [0.25, 0.3) is 0 Å². The fraction of sp³-hybridized carbons (Fsp3) is 0.273. The molecule has 0 aliphatic rings. The molecule has 148 valence electrons. The number of amides is 2. The third kappa shape index (κ3) is 8.40. The maximum atomic E-state index is 11.8. The summed E-state index contributed by atoms with van der Waals surface area (Å²) in [6, 6.07) is 16.8. The van der Waals surface area contributed by atoms with Crippen molar-refractivity contribution in [3.63, 3.8) is 0 Å². The Morgan fingerprint density at radius 3 is 2.46 bits per heavy atom. The molecule has 0 atom stereocenters. The van der Waals surface area contributed by atoms with Gasteiger partial charge in [-0.15, -0.1) is 0 Å². The minimum absolute atomic E-state index is 0.231. The Kier molecular flexibility index (Phi) is 7.63. The van der Waals surface area contributed by atoms with E-state index in [-0.39, 0.29) is 6.61 Å². The highest BCUT2D eigenvalue weighted by Crippen LogP contribution is 2.14. The van der Waals surface area contributed by atoms with Crippen molar-refractivity contribution < 1.29 is 19.1 Å². The normalized spacial score (nSPS) is 11.1. The number of alkyl carbamates (subject to hydrolysis) is 1. The van der Waals surface area contributed by atoms with Crippen molar-refractivity contribution >= 4 is 23.9 Å². The Morgan fingerprint density at radius 1 is 1.00 bits per heavy atom. The lowest BCUT2D eigenvalue weighted by molar-refractivity contribution is 0.0636. The average molecular weight is 382 g/mol. The first-order chi connectivity index (χ1) is 13.3. The quantitative estimate of drug-likeness (QED) is 0.739. The van der Waals surface area contributed by atoms with E-state index in [9.17, 15) is 9.59 Å². The van der Waals surface area contributed by atoms with Crippen LogP contribution in [0.2, 0.25) is 0 Å². The predicted molar refractivity (Wildman–Crippen MR) is 110 cm³/mol. The Labute approximate surface area is 165 Å². The van der Waals surface area contributed by atoms with E-state index in [4.69, 9.17) is 9.47 Å². The molecule has 2 aromatic carbocycles. The highest BCUT2D eigenvalue weighted by atomic mass is 16.6. The van der Waals surface area contributed by atoms with Gasteiger partial charge in [0.1, 0.15) is 12.2 Å². The molecule has 0 unspecified atom stereocenters. The van der Waals surface area contributed by atoms with E-state index in [1.165, 1.54) is 0 Å². The highest BCUT2D eigenvalue weighted by Gasteiger charge is 2.16. The largest absolute Gasteiger partial charge is 0.445 e. The van der Waals surface area contributed by atoms with Crippen LogP contribution in [0.25, 0.3) is 6.08 Å². The van der Waals surface area contributed by atoms with Gasteiger partial charge in [-0.2, -0.15) is 0 Å². The fourth-order valence-corrected chi connectivity index (χ4v) is 2.25. The topological polar surface area (TPSA) is 76.7 Å². The molecule has 0 saturated carbocycles. The molecule has 0 aromatic heterocycles. The third-order valence-electron chi connectivity index (χ3n) is 3.42. The van der Waals surface area contributed by atoms with Crippen molar-refractivity contribution in [2.75, 3.05) is 11.9 Å². The van der Waals surface area contributed by atoms with Crippen molar-refractivity contribution in [2.45, 2.75) is 33.0 Å². The number of benzene rings is 2. The maximum absolute atomic E-state index is 11.8. The Morgan fingerprint density at radius 2 is 1.75 bits per heavy atom. The van der Waals surface area contributed by atoms with Gasteiger partial charge in [-0.3, -0.25) is 5.32 Å². The molecule has 6 heteroatoms. The number of carbonyl (C=O) groups excluding carboxylic acids is 2. The summed E-state index contributed by atoms with van der Waals surface area (Å²) in [5.41, 5.74) is 1.89. The number of nitrogens with one attached hydrogen (secondary N) is 2. The van der Waals surface area contributed by atoms with Crippen LogP contribution < -0.4 is 10.6 Å². The van der Waals surface area contributed by atoms with E-state index in [0.717, 1.165) is 11.1 Å². The summed E-state index contributed by atoms with van der Waals surface area (Å²) >= 11 is 0. The summed E-state index contributed by atoms with van der Waals surface area (Å²) in [5.74, 6) is 0. The van der Waals surface area contributed by atoms with E-state index < -0.39 is 17.8 Å². The van der Waals surface area contributed by atoms with E-state index >= 15 is 0 Å². The predicted octanol–water partition coefficient (Wildman–Crippen LogP) is 4.97. The average Bonchev–Trinajstić information content (AvgIpc) is 2.63. The first-order valence-electron chi connectivity index (χ1n) is 9.03. The molecule has 2 N–H and O–H groups in total. The van der Waals surface area contributed by atoms with Crippen molar-refractivity contribution in [2.24, 2.45) is 0 Å². The van der Waals surface area contributed by atoms with Crippen molar-refractivity contribution in [3.8, 4) is 0 Å². The van der Waals surface area contributed by atoms with E-state index in [1.807, 2.05) is 75.4 Å². The van der Waals surface area contributed by atoms with E-state index in [1.54, 1.807) is 12.1 Å². The van der Waals surface area contributed by atoms with Crippen molar-refractivity contribution in [3.05, 3.63) is 71.8 Å². The lowest BCUT2D eigenvalue weighted by Gasteiger charge is -2.19. The lowest BCUT2D eigenvalue weighted by Crippen LogP contribution is -2.27. The molecule has 2 amide bonds. The SMILES string of the molecule is CC(C)(C)OC(=O)Nc1cccc(C=CCNC(=O)OCc2ccccc2)c1. The molecule has 2 aromatic rings. The van der Waals surface area contributed by atoms with Crippen molar-refractivity contribution in [1.29, 1.82) is 0 Å². The summed E-state index contributed by atoms with van der Waals surface area (Å²) in [5, 5.41) is 5.35. The van der Waals surface area contributed by atoms with Gasteiger partial charge in [0.05, 0.1) is 0 Å². The second-order valence-corrected chi connectivity index (χ2v) is 7.10. The van der Waals surface area contributed by atoms with Crippen LogP contribution in [-0.4, -0.2) is 24.3 Å². The molecule has 28 heavy (non-hydrogen) atoms. The van der Waals surface area contributed by atoms with E-state index in [0.29, 0.717) is 12.2 Å². The van der Waals surface area contributed by atoms with Gasteiger partial charge >= 0.3 is 12.2 Å². The first-order valence-corrected chi connectivity index (χ1v) is 9.03. The Bertz CT molecular complexity index is 811. The molecule has 0 heterocycles. The third-order valence-corrected chi connectivity index (χ3v) is 3.42. The summed E-state index contributed by atoms with van der Waals surface area (Å²) in [4.78, 5) is 23.5. The molecule has 0 aliphatic heterocycles. The second kappa shape index (κ2) is 10.2. The summed E-state index contributed by atoms with van der Waals surface area (Å²) in [7, 11) is 0. The van der Waals surface area contributed by atoms with Gasteiger partial charge in [0.2, 0.25) is 0 Å². The fourth-order valence-electron chi connectivity index (χ4n) is 2.25. The summed E-state index contributed by atoms with van der Waals surface area (Å²) < 4.78 is 10.4. The number of hydrogen-bond donors (Lipinski definition) is 2. The van der Waals surface area contributed by atoms with Crippen LogP contribution in [0.5, 0.6) is 0 Å². The highest BCUT2D eigenvalue weighted by molar-refractivity contribution is 5.85. The van der Waals surface area contributed by atoms with Crippen LogP contribution >= 0.6 is 0 Å². The maximum Gasteiger partial charge on any atom is 0.412 e. The molecule has 6 nitrogen and oxygen atoms in total. The van der Waals surface area contributed by atoms with Crippen LogP contribution in [0.3, 0.4) is 0 Å². The smallest absolute Gasteiger partial charge is 0.412 e. The van der Waals surface area contributed by atoms with Gasteiger partial charge in [0.15, 0.2) is 0 Å². The number of carbonyl (C=O) groups is 2. The minimum Gasteiger partial charge on any atom is -0.445 e. The molecule has 2 rings (SSSR count). The molecule has 0 radical (unpaired) electrons. The zero-order chi connectivity index (χ0) is 20.4. The molecule has 0 bridgehead atoms. The number of hydrogen-bond acceptors (Lipinski definition) is 4. The van der Waals surface area contributed by atoms with Gasteiger partial charge < -0.3 is 14.8 Å². The zero-order valence-corrected chi connectivity index (χ0v) is 16.4. The van der Waals surface area contributed by atoms with Crippen LogP contribution in [-0.2, 0) is 16.1 Å². The molecular formula is C22H26N2O4. The van der Waals surface area contributed by atoms with E-state index in [2.05, 4.69) is 10.6 Å². The molecular weight excluding hydrogens is 356 g/mol. The second-order valence-electron chi connectivity index (χ2n) is 7.10. The van der Waals surface area contributed by atoms with Crippen molar-refractivity contribution in [1.82, 2.24) is 5.32 Å². The number of ether oxygens (including phenoxy) is 2. The minimum atomic E-state index is -0.553. The Hall–Kier alpha value is -3.28. The summed E-state index contributed by atoms with van der Waals surface area (Å²) in [6.07, 6.45) is 2.67.